The molecule has 0 radical (unpaired) electrons. The van der Waals surface area contributed by atoms with Crippen LogP contribution in [0.3, 0.4) is 0 Å². The summed E-state index contributed by atoms with van der Waals surface area (Å²) < 4.78 is 7.33. The number of benzene rings is 3. The molecule has 0 spiro atoms. The van der Waals surface area contributed by atoms with Crippen LogP contribution in [0, 0.1) is 0 Å². The highest BCUT2D eigenvalue weighted by Crippen LogP contribution is 2.30. The number of aromatic nitrogens is 3. The Morgan fingerprint density at radius 2 is 1.79 bits per heavy atom. The molecule has 38 heavy (non-hydrogen) atoms. The van der Waals surface area contributed by atoms with Gasteiger partial charge in [-0.3, -0.25) is 9.36 Å². The molecule has 2 N–H and O–H groups in total. The molecule has 0 saturated carbocycles. The molecular formula is C29H31N5O3S. The van der Waals surface area contributed by atoms with Crippen LogP contribution >= 0.6 is 11.8 Å². The lowest BCUT2D eigenvalue weighted by atomic mass is 9.87. The summed E-state index contributed by atoms with van der Waals surface area (Å²) in [5.41, 5.74) is 6.06. The predicted molar refractivity (Wildman–Crippen MR) is 151 cm³/mol. The van der Waals surface area contributed by atoms with E-state index in [-0.39, 0.29) is 22.8 Å². The maximum atomic E-state index is 12.5. The zero-order valence-corrected chi connectivity index (χ0v) is 22.7. The zero-order valence-electron chi connectivity index (χ0n) is 21.9. The number of phenols is 1. The summed E-state index contributed by atoms with van der Waals surface area (Å²) in [5, 5.41) is 23.7. The van der Waals surface area contributed by atoms with E-state index in [0.29, 0.717) is 28.9 Å². The lowest BCUT2D eigenvalue weighted by Gasteiger charge is -2.19. The summed E-state index contributed by atoms with van der Waals surface area (Å²) in [4.78, 5) is 12.5. The van der Waals surface area contributed by atoms with Crippen molar-refractivity contribution in [1.82, 2.24) is 20.2 Å². The molecule has 196 valence electrons. The van der Waals surface area contributed by atoms with Crippen molar-refractivity contribution in [1.29, 1.82) is 0 Å². The number of nitrogens with zero attached hydrogens (tertiary/aromatic N) is 4. The second-order valence-corrected chi connectivity index (χ2v) is 10.5. The number of hydrazone groups is 1. The highest BCUT2D eigenvalue weighted by molar-refractivity contribution is 7.99. The summed E-state index contributed by atoms with van der Waals surface area (Å²) in [6, 6.07) is 23.2. The molecule has 0 aliphatic rings. The number of hydrogen-bond donors (Lipinski definition) is 2. The number of phenolic OH excluding ortho intramolecular Hbond substituents is 1. The monoisotopic (exact) mass is 529 g/mol. The Kier molecular flexibility index (Phi) is 8.48. The van der Waals surface area contributed by atoms with Crippen LogP contribution in [0.15, 0.2) is 83.1 Å². The highest BCUT2D eigenvalue weighted by Gasteiger charge is 2.19. The van der Waals surface area contributed by atoms with E-state index in [2.05, 4.69) is 65.8 Å². The number of nitrogens with one attached hydrogen (secondary N) is 1. The van der Waals surface area contributed by atoms with E-state index in [4.69, 9.17) is 4.74 Å². The fourth-order valence-corrected chi connectivity index (χ4v) is 4.48. The first-order chi connectivity index (χ1) is 18.3. The Morgan fingerprint density at radius 1 is 1.05 bits per heavy atom. The smallest absolute Gasteiger partial charge is 0.250 e. The summed E-state index contributed by atoms with van der Waals surface area (Å²) in [6.45, 7) is 8.80. The Balaban J connectivity index is 1.49. The molecule has 8 nitrogen and oxygen atoms in total. The zero-order chi connectivity index (χ0) is 27.1. The third-order valence-corrected chi connectivity index (χ3v) is 6.64. The molecule has 3 aromatic carbocycles. The molecule has 1 heterocycles. The van der Waals surface area contributed by atoms with Gasteiger partial charge in [0.2, 0.25) is 0 Å². The molecule has 0 aliphatic heterocycles. The normalized spacial score (nSPS) is 11.6. The minimum absolute atomic E-state index is 0.0271. The van der Waals surface area contributed by atoms with Gasteiger partial charge in [-0.2, -0.15) is 5.10 Å². The number of carbonyl (C=O) groups excluding carboxylic acids is 1. The lowest BCUT2D eigenvalue weighted by molar-refractivity contribution is -0.118. The quantitative estimate of drug-likeness (QED) is 0.167. The molecule has 9 heteroatoms. The van der Waals surface area contributed by atoms with Crippen LogP contribution in [0.1, 0.15) is 38.8 Å². The minimum atomic E-state index is -0.314. The number of amides is 1. The predicted octanol–water partition coefficient (Wildman–Crippen LogP) is 5.58. The number of thioether (sulfide) groups is 1. The Bertz CT molecular complexity index is 1410. The highest BCUT2D eigenvalue weighted by atomic mass is 32.2. The minimum Gasteiger partial charge on any atom is -0.504 e. The molecule has 0 bridgehead atoms. The molecule has 0 fully saturated rings. The van der Waals surface area contributed by atoms with Gasteiger partial charge in [-0.15, -0.1) is 10.2 Å². The number of para-hydroxylation sites is 2. The van der Waals surface area contributed by atoms with E-state index in [1.807, 2.05) is 41.8 Å². The first-order valence-electron chi connectivity index (χ1n) is 12.3. The molecule has 4 aromatic rings. The standard InChI is InChI=1S/C29H31N5O3S/c1-5-37-24-13-9-10-21(26(24)36)18-30-31-25(35)19-38-28-33-32-27(34(28)23-11-7-6-8-12-23)20-14-16-22(17-15-20)29(2,3)4/h6-18,36H,5,19H2,1-4H3,(H,31,35)/b30-18-. The average Bonchev–Trinajstić information content (AvgIpc) is 3.34. The second kappa shape index (κ2) is 12.0. The largest absolute Gasteiger partial charge is 0.504 e. The molecule has 0 atom stereocenters. The van der Waals surface area contributed by atoms with E-state index >= 15 is 0 Å². The van der Waals surface area contributed by atoms with Gasteiger partial charge < -0.3 is 9.84 Å². The summed E-state index contributed by atoms with van der Waals surface area (Å²) in [7, 11) is 0. The van der Waals surface area contributed by atoms with Gasteiger partial charge in [0.05, 0.1) is 18.6 Å². The van der Waals surface area contributed by atoms with Gasteiger partial charge in [0.25, 0.3) is 5.91 Å². The first kappa shape index (κ1) is 26.9. The molecule has 4 rings (SSSR count). The van der Waals surface area contributed by atoms with Crippen molar-refractivity contribution in [3.63, 3.8) is 0 Å². The molecule has 0 aliphatic carbocycles. The Hall–Kier alpha value is -4.11. The van der Waals surface area contributed by atoms with E-state index < -0.39 is 0 Å². The van der Waals surface area contributed by atoms with E-state index in [1.165, 1.54) is 23.5 Å². The summed E-state index contributed by atoms with van der Waals surface area (Å²) >= 11 is 1.27. The van der Waals surface area contributed by atoms with Gasteiger partial charge in [-0.25, -0.2) is 5.43 Å². The van der Waals surface area contributed by atoms with Crippen LogP contribution in [0.5, 0.6) is 11.5 Å². The Labute approximate surface area is 226 Å². The van der Waals surface area contributed by atoms with Crippen LogP contribution in [-0.4, -0.2) is 44.4 Å². The van der Waals surface area contributed by atoms with E-state index in [9.17, 15) is 9.90 Å². The molecule has 1 aromatic heterocycles. The van der Waals surface area contributed by atoms with Crippen molar-refractivity contribution in [2.24, 2.45) is 5.10 Å². The van der Waals surface area contributed by atoms with Crippen molar-refractivity contribution in [3.8, 4) is 28.6 Å². The number of ether oxygens (including phenoxy) is 1. The summed E-state index contributed by atoms with van der Waals surface area (Å²) in [5.74, 6) is 0.798. The van der Waals surface area contributed by atoms with Crippen molar-refractivity contribution in [2.75, 3.05) is 12.4 Å². The van der Waals surface area contributed by atoms with Crippen molar-refractivity contribution < 1.29 is 14.6 Å². The van der Waals surface area contributed by atoms with Crippen LogP contribution in [-0.2, 0) is 10.2 Å². The van der Waals surface area contributed by atoms with Gasteiger partial charge in [0, 0.05) is 16.8 Å². The SMILES string of the molecule is CCOc1cccc(/C=N\NC(=O)CSc2nnc(-c3ccc(C(C)(C)C)cc3)n2-c2ccccc2)c1O. The van der Waals surface area contributed by atoms with Gasteiger partial charge in [-0.1, -0.05) is 81.1 Å². The number of aromatic hydroxyl groups is 1. The first-order valence-corrected chi connectivity index (χ1v) is 13.3. The van der Waals surface area contributed by atoms with E-state index in [0.717, 1.165) is 11.3 Å². The maximum absolute atomic E-state index is 12.5. The van der Waals surface area contributed by atoms with Crippen molar-refractivity contribution in [2.45, 2.75) is 38.3 Å². The average molecular weight is 530 g/mol. The van der Waals surface area contributed by atoms with Gasteiger partial charge in [-0.05, 0) is 42.2 Å². The van der Waals surface area contributed by atoms with Crippen LogP contribution in [0.4, 0.5) is 0 Å². The topological polar surface area (TPSA) is 102 Å². The van der Waals surface area contributed by atoms with Crippen molar-refractivity contribution in [3.05, 3.63) is 83.9 Å². The van der Waals surface area contributed by atoms with Gasteiger partial charge in [0.15, 0.2) is 22.5 Å². The Morgan fingerprint density at radius 3 is 2.47 bits per heavy atom. The van der Waals surface area contributed by atoms with Crippen LogP contribution < -0.4 is 10.2 Å². The fraction of sp³-hybridized carbons (Fsp3) is 0.241. The molecule has 0 unspecified atom stereocenters. The van der Waals surface area contributed by atoms with Crippen LogP contribution in [0.2, 0.25) is 0 Å². The third kappa shape index (κ3) is 6.41. The lowest BCUT2D eigenvalue weighted by Crippen LogP contribution is -2.20. The van der Waals surface area contributed by atoms with Crippen molar-refractivity contribution >= 4 is 23.9 Å². The summed E-state index contributed by atoms with van der Waals surface area (Å²) in [6.07, 6.45) is 1.38. The maximum Gasteiger partial charge on any atom is 0.250 e. The molecule has 1 amide bonds. The number of hydrogen-bond acceptors (Lipinski definition) is 7. The number of carbonyl (C=O) groups is 1. The number of rotatable bonds is 9. The van der Waals surface area contributed by atoms with Crippen LogP contribution in [0.25, 0.3) is 17.1 Å². The van der Waals surface area contributed by atoms with Gasteiger partial charge >= 0.3 is 0 Å². The fourth-order valence-electron chi connectivity index (χ4n) is 3.73. The van der Waals surface area contributed by atoms with Gasteiger partial charge in [0.1, 0.15) is 0 Å². The molecular weight excluding hydrogens is 498 g/mol. The van der Waals surface area contributed by atoms with E-state index in [1.54, 1.807) is 18.2 Å². The second-order valence-electron chi connectivity index (χ2n) is 9.51. The molecule has 0 saturated heterocycles. The third-order valence-electron chi connectivity index (χ3n) is 5.71.